The number of aliphatic carboxylic acids is 1. The minimum absolute atomic E-state index is 0.00245. The summed E-state index contributed by atoms with van der Waals surface area (Å²) in [6, 6.07) is 6.62. The molecule has 1 aliphatic heterocycles. The van der Waals surface area contributed by atoms with Gasteiger partial charge in [0.15, 0.2) is 0 Å². The Labute approximate surface area is 197 Å². The fraction of sp³-hybridized carbons (Fsp3) is 0.500. The number of hydrogen-bond acceptors (Lipinski definition) is 5. The number of carboxylic acid groups (broad SMARTS) is 1. The highest BCUT2D eigenvalue weighted by Gasteiger charge is 2.60. The number of hydrogen-bond donors (Lipinski definition) is 1. The second-order valence-corrected chi connectivity index (χ2v) is 11.1. The Morgan fingerprint density at radius 3 is 2.56 bits per heavy atom. The van der Waals surface area contributed by atoms with Crippen LogP contribution in [-0.4, -0.2) is 32.4 Å². The first-order valence-electron chi connectivity index (χ1n) is 10.6. The van der Waals surface area contributed by atoms with E-state index in [0.29, 0.717) is 15.6 Å². The number of rotatable bonds is 5. The predicted octanol–water partition coefficient (Wildman–Crippen LogP) is 5.69. The van der Waals surface area contributed by atoms with Gasteiger partial charge in [0, 0.05) is 22.2 Å². The molecule has 2 heterocycles. The van der Waals surface area contributed by atoms with Crippen LogP contribution in [0.25, 0.3) is 0 Å². The summed E-state index contributed by atoms with van der Waals surface area (Å²) in [5.74, 6) is -2.23. The molecule has 0 spiro atoms. The molecule has 0 saturated carbocycles. The van der Waals surface area contributed by atoms with Gasteiger partial charge in [0.1, 0.15) is 16.6 Å². The molecular formula is C24H28ClN3O3S. The number of carbonyl (C=O) groups is 2. The molecule has 1 aliphatic rings. The topological polar surface area (TPSA) is 94.3 Å². The van der Waals surface area contributed by atoms with E-state index in [1.165, 1.54) is 16.2 Å². The molecule has 8 heteroatoms. The lowest BCUT2D eigenvalue weighted by Crippen LogP contribution is -2.54. The van der Waals surface area contributed by atoms with Gasteiger partial charge in [-0.05, 0) is 41.9 Å². The summed E-state index contributed by atoms with van der Waals surface area (Å²) in [6.07, 6.45) is 1.90. The van der Waals surface area contributed by atoms with Crippen LogP contribution in [0.5, 0.6) is 0 Å². The maximum absolute atomic E-state index is 13.9. The van der Waals surface area contributed by atoms with Crippen molar-refractivity contribution in [2.75, 3.05) is 0 Å². The van der Waals surface area contributed by atoms with Crippen LogP contribution >= 0.6 is 22.9 Å². The Morgan fingerprint density at radius 2 is 2.09 bits per heavy atom. The molecule has 0 bridgehead atoms. The zero-order chi connectivity index (χ0) is 23.8. The van der Waals surface area contributed by atoms with Crippen LogP contribution in [0, 0.1) is 23.2 Å². The number of thiazole rings is 1. The number of carbonyl (C=O) groups excluding carboxylic acids is 1. The van der Waals surface area contributed by atoms with Crippen molar-refractivity contribution >= 4 is 34.8 Å². The molecule has 3 atom stereocenters. The van der Waals surface area contributed by atoms with Crippen molar-refractivity contribution in [1.29, 1.82) is 5.26 Å². The van der Waals surface area contributed by atoms with Crippen LogP contribution in [-0.2, 0) is 10.2 Å². The molecule has 2 aromatic rings. The number of nitriles is 1. The summed E-state index contributed by atoms with van der Waals surface area (Å²) < 4.78 is 0. The number of halogens is 1. The quantitative estimate of drug-likeness (QED) is 0.601. The molecule has 1 saturated heterocycles. The van der Waals surface area contributed by atoms with E-state index in [4.69, 9.17) is 11.6 Å². The van der Waals surface area contributed by atoms with E-state index in [0.717, 1.165) is 5.56 Å². The van der Waals surface area contributed by atoms with E-state index >= 15 is 0 Å². The minimum atomic E-state index is -1.50. The molecule has 3 rings (SSSR count). The van der Waals surface area contributed by atoms with Crippen LogP contribution in [0.4, 0.5) is 0 Å². The summed E-state index contributed by atoms with van der Waals surface area (Å²) >= 11 is 7.85. The van der Waals surface area contributed by atoms with Crippen molar-refractivity contribution in [3.05, 3.63) is 50.9 Å². The van der Waals surface area contributed by atoms with Gasteiger partial charge in [0.2, 0.25) is 0 Å². The van der Waals surface area contributed by atoms with Crippen LogP contribution < -0.4 is 0 Å². The Bertz CT molecular complexity index is 1060. The van der Waals surface area contributed by atoms with E-state index in [9.17, 15) is 20.0 Å². The molecule has 0 unspecified atom stereocenters. The first-order chi connectivity index (χ1) is 14.9. The molecule has 1 amide bonds. The van der Waals surface area contributed by atoms with Crippen LogP contribution in [0.3, 0.4) is 0 Å². The van der Waals surface area contributed by atoms with Crippen LogP contribution in [0.2, 0.25) is 5.02 Å². The standard InChI is InChI=1S/C24H28ClN3O3S/c1-14(2)11-24(22(30)31)12-16(13-26)19(20-27-8-9-32-20)28(24)21(29)15-6-7-17(18(25)10-15)23(3,4)5/h6-10,14,16,19H,11-12H2,1-5H3,(H,30,31)/t16-,19+,24-/m0/s1. The molecule has 0 aliphatic carbocycles. The number of carboxylic acids is 1. The Morgan fingerprint density at radius 1 is 1.41 bits per heavy atom. The van der Waals surface area contributed by atoms with Crippen molar-refractivity contribution in [3.8, 4) is 6.07 Å². The molecule has 170 valence electrons. The van der Waals surface area contributed by atoms with E-state index in [2.05, 4.69) is 11.1 Å². The molecule has 32 heavy (non-hydrogen) atoms. The second kappa shape index (κ2) is 8.84. The highest BCUT2D eigenvalue weighted by Crippen LogP contribution is 2.50. The third-order valence-corrected chi connectivity index (χ3v) is 7.09. The minimum Gasteiger partial charge on any atom is -0.479 e. The SMILES string of the molecule is CC(C)C[C@@]1(C(=O)O)C[C@@H](C#N)[C@H](c2nccs2)N1C(=O)c1ccc(C(C)(C)C)c(Cl)c1. The fourth-order valence-electron chi connectivity index (χ4n) is 4.65. The number of likely N-dealkylation sites (tertiary alicyclic amines) is 1. The largest absolute Gasteiger partial charge is 0.479 e. The summed E-state index contributed by atoms with van der Waals surface area (Å²) in [5.41, 5.74) is -0.505. The maximum atomic E-state index is 13.9. The van der Waals surface area contributed by atoms with Gasteiger partial charge in [-0.1, -0.05) is 52.3 Å². The normalized spacial score (nSPS) is 23.4. The number of aromatic nitrogens is 1. The van der Waals surface area contributed by atoms with Crippen LogP contribution in [0.1, 0.15) is 74.4 Å². The van der Waals surface area contributed by atoms with E-state index in [1.807, 2.05) is 40.7 Å². The third kappa shape index (κ3) is 4.26. The average molecular weight is 474 g/mol. The van der Waals surface area contributed by atoms with E-state index in [1.54, 1.807) is 23.7 Å². The lowest BCUT2D eigenvalue weighted by molar-refractivity contribution is -0.150. The lowest BCUT2D eigenvalue weighted by Gasteiger charge is -2.38. The first kappa shape index (κ1) is 24.2. The number of amides is 1. The zero-order valence-electron chi connectivity index (χ0n) is 18.9. The lowest BCUT2D eigenvalue weighted by atomic mass is 9.83. The number of benzene rings is 1. The van der Waals surface area contributed by atoms with Gasteiger partial charge < -0.3 is 10.0 Å². The maximum Gasteiger partial charge on any atom is 0.329 e. The third-order valence-electron chi connectivity index (χ3n) is 5.94. The van der Waals surface area contributed by atoms with Gasteiger partial charge in [-0.25, -0.2) is 9.78 Å². The molecule has 1 aromatic heterocycles. The smallest absolute Gasteiger partial charge is 0.329 e. The highest BCUT2D eigenvalue weighted by atomic mass is 35.5. The molecule has 0 radical (unpaired) electrons. The number of nitrogens with zero attached hydrogens (tertiary/aromatic N) is 3. The summed E-state index contributed by atoms with van der Waals surface area (Å²) in [4.78, 5) is 32.3. The van der Waals surface area contributed by atoms with Crippen molar-refractivity contribution in [3.63, 3.8) is 0 Å². The van der Waals surface area contributed by atoms with Gasteiger partial charge in [-0.3, -0.25) is 4.79 Å². The Kier molecular flexibility index (Phi) is 6.69. The van der Waals surface area contributed by atoms with Gasteiger partial charge in [0.25, 0.3) is 5.91 Å². The first-order valence-corrected chi connectivity index (χ1v) is 11.8. The average Bonchev–Trinajstić information content (AvgIpc) is 3.32. The van der Waals surface area contributed by atoms with Gasteiger partial charge >= 0.3 is 5.97 Å². The van der Waals surface area contributed by atoms with Crippen molar-refractivity contribution in [1.82, 2.24) is 9.88 Å². The van der Waals surface area contributed by atoms with Crippen molar-refractivity contribution in [2.45, 2.75) is 64.5 Å². The highest BCUT2D eigenvalue weighted by molar-refractivity contribution is 7.09. The predicted molar refractivity (Wildman–Crippen MR) is 125 cm³/mol. The van der Waals surface area contributed by atoms with Crippen LogP contribution in [0.15, 0.2) is 29.8 Å². The molecule has 6 nitrogen and oxygen atoms in total. The molecule has 1 fully saturated rings. The Hall–Kier alpha value is -2.43. The van der Waals surface area contributed by atoms with Gasteiger partial charge in [0.05, 0.1) is 12.0 Å². The van der Waals surface area contributed by atoms with Gasteiger partial charge in [-0.2, -0.15) is 5.26 Å². The summed E-state index contributed by atoms with van der Waals surface area (Å²) in [7, 11) is 0. The fourth-order valence-corrected chi connectivity index (χ4v) is 5.91. The Balaban J connectivity index is 2.18. The second-order valence-electron chi connectivity index (χ2n) is 9.81. The van der Waals surface area contributed by atoms with E-state index < -0.39 is 29.4 Å². The monoisotopic (exact) mass is 473 g/mol. The van der Waals surface area contributed by atoms with Gasteiger partial charge in [-0.15, -0.1) is 11.3 Å². The zero-order valence-corrected chi connectivity index (χ0v) is 20.5. The van der Waals surface area contributed by atoms with E-state index in [-0.39, 0.29) is 24.2 Å². The summed E-state index contributed by atoms with van der Waals surface area (Å²) in [6.45, 7) is 9.93. The van der Waals surface area contributed by atoms with Crippen molar-refractivity contribution < 1.29 is 14.7 Å². The molecule has 1 N–H and O–H groups in total. The molecular weight excluding hydrogens is 446 g/mol. The van der Waals surface area contributed by atoms with Crippen molar-refractivity contribution in [2.24, 2.45) is 11.8 Å². The molecule has 1 aromatic carbocycles. The summed E-state index contributed by atoms with van der Waals surface area (Å²) in [5, 5.41) is 23.1.